The Morgan fingerprint density at radius 2 is 2.12 bits per heavy atom. The van der Waals surface area contributed by atoms with E-state index in [2.05, 4.69) is 10.1 Å². The topological polar surface area (TPSA) is 75.7 Å². The number of amides is 3. The third kappa shape index (κ3) is 3.30. The first kappa shape index (κ1) is 13.2. The van der Waals surface area contributed by atoms with Crippen LogP contribution < -0.4 is 5.32 Å². The summed E-state index contributed by atoms with van der Waals surface area (Å²) in [6.45, 7) is 4.22. The van der Waals surface area contributed by atoms with Gasteiger partial charge in [-0.15, -0.1) is 0 Å². The molecule has 0 aromatic heterocycles. The van der Waals surface area contributed by atoms with Gasteiger partial charge in [-0.25, -0.2) is 9.59 Å². The highest BCUT2D eigenvalue weighted by atomic mass is 16.5. The van der Waals surface area contributed by atoms with E-state index in [4.69, 9.17) is 0 Å². The van der Waals surface area contributed by atoms with Crippen LogP contribution in [-0.4, -0.2) is 36.0 Å². The van der Waals surface area contributed by atoms with Gasteiger partial charge in [0.25, 0.3) is 5.91 Å². The van der Waals surface area contributed by atoms with Crippen molar-refractivity contribution in [2.75, 3.05) is 13.2 Å². The molecule has 0 aromatic rings. The Morgan fingerprint density at radius 1 is 1.41 bits per heavy atom. The fraction of sp³-hybridized carbons (Fsp3) is 0.545. The first-order chi connectivity index (χ1) is 8.10. The van der Waals surface area contributed by atoms with Crippen LogP contribution in [0.3, 0.4) is 0 Å². The van der Waals surface area contributed by atoms with E-state index >= 15 is 0 Å². The highest BCUT2D eigenvalue weighted by molar-refractivity contribution is 6.13. The van der Waals surface area contributed by atoms with Gasteiger partial charge in [-0.05, 0) is 13.3 Å². The first-order valence-electron chi connectivity index (χ1n) is 5.61. The number of hydrogen-bond donors (Lipinski definition) is 1. The van der Waals surface area contributed by atoms with Crippen molar-refractivity contribution in [2.45, 2.75) is 26.7 Å². The molecule has 0 saturated carbocycles. The lowest BCUT2D eigenvalue weighted by atomic mass is 10.3. The Morgan fingerprint density at radius 3 is 2.71 bits per heavy atom. The van der Waals surface area contributed by atoms with E-state index in [1.807, 2.05) is 6.92 Å². The monoisotopic (exact) mass is 240 g/mol. The molecule has 0 bridgehead atoms. The van der Waals surface area contributed by atoms with Crippen molar-refractivity contribution in [3.05, 3.63) is 11.8 Å². The maximum absolute atomic E-state index is 11.7. The fourth-order valence-corrected chi connectivity index (χ4v) is 1.39. The minimum Gasteiger partial charge on any atom is -0.463 e. The smallest absolute Gasteiger partial charge is 0.333 e. The van der Waals surface area contributed by atoms with Crippen LogP contribution in [0.1, 0.15) is 26.7 Å². The SMILES string of the molecule is CCCCN1C(=O)N/C(=C\C(=O)OCC)C1=O. The van der Waals surface area contributed by atoms with Gasteiger partial charge in [0.1, 0.15) is 5.70 Å². The third-order valence-electron chi connectivity index (χ3n) is 2.25. The number of carbonyl (C=O) groups is 3. The molecule has 0 aliphatic carbocycles. The number of nitrogens with one attached hydrogen (secondary N) is 1. The van der Waals surface area contributed by atoms with Crippen molar-refractivity contribution >= 4 is 17.9 Å². The molecule has 1 N–H and O–H groups in total. The number of esters is 1. The number of rotatable bonds is 5. The van der Waals surface area contributed by atoms with Gasteiger partial charge in [-0.2, -0.15) is 0 Å². The predicted octanol–water partition coefficient (Wildman–Crippen LogP) is 0.785. The second-order valence-corrected chi connectivity index (χ2v) is 3.55. The minimum atomic E-state index is -0.631. The van der Waals surface area contributed by atoms with Crippen LogP contribution in [0.2, 0.25) is 0 Å². The molecule has 94 valence electrons. The number of unbranched alkanes of at least 4 members (excludes halogenated alkanes) is 1. The van der Waals surface area contributed by atoms with Crippen LogP contribution in [0.15, 0.2) is 11.8 Å². The number of imide groups is 1. The zero-order valence-electron chi connectivity index (χ0n) is 9.99. The molecule has 0 aromatic carbocycles. The molecule has 1 saturated heterocycles. The zero-order chi connectivity index (χ0) is 12.8. The number of urea groups is 1. The summed E-state index contributed by atoms with van der Waals surface area (Å²) >= 11 is 0. The largest absolute Gasteiger partial charge is 0.463 e. The average molecular weight is 240 g/mol. The van der Waals surface area contributed by atoms with Crippen LogP contribution >= 0.6 is 0 Å². The molecule has 17 heavy (non-hydrogen) atoms. The molecule has 0 unspecified atom stereocenters. The summed E-state index contributed by atoms with van der Waals surface area (Å²) < 4.78 is 4.67. The predicted molar refractivity (Wildman–Crippen MR) is 59.9 cm³/mol. The Balaban J connectivity index is 2.70. The minimum absolute atomic E-state index is 0.0236. The van der Waals surface area contributed by atoms with E-state index in [1.165, 1.54) is 0 Å². The molecule has 6 nitrogen and oxygen atoms in total. The summed E-state index contributed by atoms with van der Waals surface area (Å²) in [5, 5.41) is 2.35. The fourth-order valence-electron chi connectivity index (χ4n) is 1.39. The Labute approximate surface area is 99.6 Å². The second kappa shape index (κ2) is 6.03. The summed E-state index contributed by atoms with van der Waals surface area (Å²) in [7, 11) is 0. The van der Waals surface area contributed by atoms with Crippen LogP contribution in [0, 0.1) is 0 Å². The van der Waals surface area contributed by atoms with Crippen molar-refractivity contribution in [2.24, 2.45) is 0 Å². The van der Waals surface area contributed by atoms with Crippen LogP contribution in [0.4, 0.5) is 4.79 Å². The normalized spacial score (nSPS) is 17.5. The van der Waals surface area contributed by atoms with E-state index < -0.39 is 17.9 Å². The molecule has 0 spiro atoms. The van der Waals surface area contributed by atoms with Crippen LogP contribution in [-0.2, 0) is 14.3 Å². The zero-order valence-corrected chi connectivity index (χ0v) is 9.99. The highest BCUT2D eigenvalue weighted by Gasteiger charge is 2.33. The summed E-state index contributed by atoms with van der Waals surface area (Å²) in [6, 6.07) is -0.487. The van der Waals surface area contributed by atoms with E-state index in [9.17, 15) is 14.4 Å². The molecule has 0 radical (unpaired) electrons. The Bertz CT molecular complexity index is 362. The van der Waals surface area contributed by atoms with Crippen molar-refractivity contribution < 1.29 is 19.1 Å². The van der Waals surface area contributed by atoms with Gasteiger partial charge < -0.3 is 10.1 Å². The van der Waals surface area contributed by atoms with E-state index in [0.717, 1.165) is 23.8 Å². The van der Waals surface area contributed by atoms with Gasteiger partial charge in [0.2, 0.25) is 0 Å². The first-order valence-corrected chi connectivity index (χ1v) is 5.61. The number of ether oxygens (including phenoxy) is 1. The van der Waals surface area contributed by atoms with Gasteiger partial charge in [-0.1, -0.05) is 13.3 Å². The Kier molecular flexibility index (Phi) is 4.68. The number of nitrogens with zero attached hydrogens (tertiary/aromatic N) is 1. The van der Waals surface area contributed by atoms with Gasteiger partial charge in [0.05, 0.1) is 12.7 Å². The van der Waals surface area contributed by atoms with Gasteiger partial charge in [0.15, 0.2) is 0 Å². The van der Waals surface area contributed by atoms with Gasteiger partial charge >= 0.3 is 12.0 Å². The van der Waals surface area contributed by atoms with E-state index in [0.29, 0.717) is 6.54 Å². The lowest BCUT2D eigenvalue weighted by Crippen LogP contribution is -2.31. The molecule has 3 amide bonds. The molecule has 1 aliphatic heterocycles. The third-order valence-corrected chi connectivity index (χ3v) is 2.25. The lowest BCUT2D eigenvalue weighted by molar-refractivity contribution is -0.137. The summed E-state index contributed by atoms with van der Waals surface area (Å²) in [4.78, 5) is 35.4. The highest BCUT2D eigenvalue weighted by Crippen LogP contribution is 2.10. The standard InChI is InChI=1S/C11H16N2O4/c1-3-5-6-13-10(15)8(12-11(13)16)7-9(14)17-4-2/h7H,3-6H2,1-2H3,(H,12,16)/b8-7-. The maximum Gasteiger partial charge on any atom is 0.333 e. The number of carbonyl (C=O) groups excluding carboxylic acids is 3. The van der Waals surface area contributed by atoms with Crippen molar-refractivity contribution in [1.29, 1.82) is 0 Å². The molecular formula is C11H16N2O4. The molecular weight excluding hydrogens is 224 g/mol. The van der Waals surface area contributed by atoms with Crippen LogP contribution in [0.5, 0.6) is 0 Å². The summed E-state index contributed by atoms with van der Waals surface area (Å²) in [5.74, 6) is -1.11. The van der Waals surface area contributed by atoms with Gasteiger partial charge in [0, 0.05) is 6.54 Å². The van der Waals surface area contributed by atoms with E-state index in [1.54, 1.807) is 6.92 Å². The molecule has 6 heteroatoms. The van der Waals surface area contributed by atoms with Crippen molar-refractivity contribution in [1.82, 2.24) is 10.2 Å². The number of hydrogen-bond acceptors (Lipinski definition) is 4. The average Bonchev–Trinajstić information content (AvgIpc) is 2.52. The Hall–Kier alpha value is -1.85. The maximum atomic E-state index is 11.7. The van der Waals surface area contributed by atoms with Crippen LogP contribution in [0.25, 0.3) is 0 Å². The summed E-state index contributed by atoms with van der Waals surface area (Å²) in [5.41, 5.74) is -0.0236. The quantitative estimate of drug-likeness (QED) is 0.438. The lowest BCUT2D eigenvalue weighted by Gasteiger charge is -2.09. The molecule has 1 rings (SSSR count). The van der Waals surface area contributed by atoms with Crippen molar-refractivity contribution in [3.63, 3.8) is 0 Å². The molecule has 0 atom stereocenters. The van der Waals surface area contributed by atoms with Gasteiger partial charge in [-0.3, -0.25) is 9.69 Å². The molecule has 1 heterocycles. The van der Waals surface area contributed by atoms with Crippen molar-refractivity contribution in [3.8, 4) is 0 Å². The molecule has 1 aliphatic rings. The summed E-state index contributed by atoms with van der Waals surface area (Å²) in [6.07, 6.45) is 2.63. The second-order valence-electron chi connectivity index (χ2n) is 3.55. The molecule has 1 fully saturated rings. The van der Waals surface area contributed by atoms with E-state index in [-0.39, 0.29) is 12.3 Å².